The first-order chi connectivity index (χ1) is 8.88. The molecule has 0 spiro atoms. The molecule has 1 amide bonds. The summed E-state index contributed by atoms with van der Waals surface area (Å²) >= 11 is 0. The highest BCUT2D eigenvalue weighted by molar-refractivity contribution is 5.80. The van der Waals surface area contributed by atoms with Crippen molar-refractivity contribution < 1.29 is 4.79 Å². The van der Waals surface area contributed by atoms with Crippen molar-refractivity contribution in [2.45, 2.75) is 51.0 Å². The third-order valence-corrected chi connectivity index (χ3v) is 4.00. The van der Waals surface area contributed by atoms with Crippen molar-refractivity contribution in [3.63, 3.8) is 0 Å². The standard InChI is InChI=1S/C16H24N2O/c1-16(2,3)13-6-4-11(5-7-13)12-8-9-18-14(10-12)15(17)19/h4-7,12,14,18H,8-10H2,1-3H3,(H2,17,19). The SMILES string of the molecule is CC(C)(C)c1ccc(C2CCNC(C(N)=O)C2)cc1. The van der Waals surface area contributed by atoms with Gasteiger partial charge in [-0.2, -0.15) is 0 Å². The van der Waals surface area contributed by atoms with E-state index in [0.717, 1.165) is 19.4 Å². The average molecular weight is 260 g/mol. The summed E-state index contributed by atoms with van der Waals surface area (Å²) in [4.78, 5) is 11.3. The lowest BCUT2D eigenvalue weighted by molar-refractivity contribution is -0.120. The van der Waals surface area contributed by atoms with E-state index in [2.05, 4.69) is 50.4 Å². The Bertz CT molecular complexity index is 445. The highest BCUT2D eigenvalue weighted by Gasteiger charge is 2.26. The molecule has 19 heavy (non-hydrogen) atoms. The van der Waals surface area contributed by atoms with Crippen LogP contribution in [0, 0.1) is 0 Å². The van der Waals surface area contributed by atoms with Crippen LogP contribution in [0.3, 0.4) is 0 Å². The zero-order valence-corrected chi connectivity index (χ0v) is 12.1. The quantitative estimate of drug-likeness (QED) is 0.857. The summed E-state index contributed by atoms with van der Waals surface area (Å²) in [7, 11) is 0. The van der Waals surface area contributed by atoms with Gasteiger partial charge < -0.3 is 11.1 Å². The molecule has 0 saturated carbocycles. The van der Waals surface area contributed by atoms with E-state index >= 15 is 0 Å². The molecule has 2 atom stereocenters. The number of hydrogen-bond acceptors (Lipinski definition) is 2. The maximum atomic E-state index is 11.3. The minimum Gasteiger partial charge on any atom is -0.368 e. The molecular formula is C16H24N2O. The number of primary amides is 1. The van der Waals surface area contributed by atoms with Gasteiger partial charge in [0.2, 0.25) is 5.91 Å². The Morgan fingerprint density at radius 2 is 1.89 bits per heavy atom. The first-order valence-electron chi connectivity index (χ1n) is 7.01. The van der Waals surface area contributed by atoms with Crippen LogP contribution in [-0.4, -0.2) is 18.5 Å². The largest absolute Gasteiger partial charge is 0.368 e. The van der Waals surface area contributed by atoms with E-state index in [-0.39, 0.29) is 17.4 Å². The van der Waals surface area contributed by atoms with Crippen LogP contribution in [0.1, 0.15) is 50.7 Å². The molecule has 1 heterocycles. The van der Waals surface area contributed by atoms with Crippen LogP contribution in [-0.2, 0) is 10.2 Å². The third-order valence-electron chi connectivity index (χ3n) is 4.00. The van der Waals surface area contributed by atoms with Gasteiger partial charge in [0, 0.05) is 0 Å². The molecule has 1 aromatic rings. The van der Waals surface area contributed by atoms with Crippen LogP contribution in [0.2, 0.25) is 0 Å². The van der Waals surface area contributed by atoms with Gasteiger partial charge in [0.15, 0.2) is 0 Å². The zero-order valence-electron chi connectivity index (χ0n) is 12.1. The molecule has 1 aliphatic rings. The van der Waals surface area contributed by atoms with Gasteiger partial charge in [0.05, 0.1) is 6.04 Å². The van der Waals surface area contributed by atoms with Gasteiger partial charge in [-0.15, -0.1) is 0 Å². The fourth-order valence-electron chi connectivity index (χ4n) is 2.69. The summed E-state index contributed by atoms with van der Waals surface area (Å²) < 4.78 is 0. The molecule has 3 nitrogen and oxygen atoms in total. The molecule has 0 aromatic heterocycles. The van der Waals surface area contributed by atoms with Crippen molar-refractivity contribution in [2.75, 3.05) is 6.54 Å². The van der Waals surface area contributed by atoms with Crippen molar-refractivity contribution in [1.29, 1.82) is 0 Å². The second-order valence-electron chi connectivity index (χ2n) is 6.50. The van der Waals surface area contributed by atoms with E-state index in [1.807, 2.05) is 0 Å². The average Bonchev–Trinajstić information content (AvgIpc) is 2.38. The fourth-order valence-corrected chi connectivity index (χ4v) is 2.69. The van der Waals surface area contributed by atoms with Crippen LogP contribution in [0.4, 0.5) is 0 Å². The number of hydrogen-bond donors (Lipinski definition) is 2. The molecule has 104 valence electrons. The van der Waals surface area contributed by atoms with Gasteiger partial charge in [-0.05, 0) is 41.8 Å². The lowest BCUT2D eigenvalue weighted by Gasteiger charge is -2.29. The maximum Gasteiger partial charge on any atom is 0.234 e. The number of carbonyl (C=O) groups is 1. The number of carbonyl (C=O) groups excluding carboxylic acids is 1. The molecule has 0 bridgehead atoms. The molecule has 2 rings (SSSR count). The van der Waals surface area contributed by atoms with Gasteiger partial charge in [0.1, 0.15) is 0 Å². The lowest BCUT2D eigenvalue weighted by atomic mass is 9.82. The first-order valence-corrected chi connectivity index (χ1v) is 7.01. The highest BCUT2D eigenvalue weighted by Crippen LogP contribution is 2.30. The lowest BCUT2D eigenvalue weighted by Crippen LogP contribution is -2.46. The van der Waals surface area contributed by atoms with Crippen molar-refractivity contribution in [1.82, 2.24) is 5.32 Å². The van der Waals surface area contributed by atoms with Crippen LogP contribution in [0.25, 0.3) is 0 Å². The summed E-state index contributed by atoms with van der Waals surface area (Å²) in [6, 6.07) is 8.64. The molecule has 1 aromatic carbocycles. The van der Waals surface area contributed by atoms with E-state index < -0.39 is 0 Å². The summed E-state index contributed by atoms with van der Waals surface area (Å²) in [5, 5.41) is 3.18. The van der Waals surface area contributed by atoms with E-state index in [4.69, 9.17) is 5.73 Å². The number of nitrogens with one attached hydrogen (secondary N) is 1. The Morgan fingerprint density at radius 1 is 1.26 bits per heavy atom. The number of piperidine rings is 1. The third kappa shape index (κ3) is 3.35. The Labute approximate surface area is 115 Å². The topological polar surface area (TPSA) is 55.1 Å². The molecular weight excluding hydrogens is 236 g/mol. The van der Waals surface area contributed by atoms with E-state index in [0.29, 0.717) is 5.92 Å². The molecule has 0 radical (unpaired) electrons. The maximum absolute atomic E-state index is 11.3. The number of rotatable bonds is 2. The van der Waals surface area contributed by atoms with Gasteiger partial charge in [-0.1, -0.05) is 45.0 Å². The predicted molar refractivity (Wildman–Crippen MR) is 78.1 cm³/mol. The molecule has 1 saturated heterocycles. The number of nitrogens with two attached hydrogens (primary N) is 1. The molecule has 2 unspecified atom stereocenters. The Kier molecular flexibility index (Phi) is 3.95. The Balaban J connectivity index is 2.12. The van der Waals surface area contributed by atoms with Gasteiger partial charge in [0.25, 0.3) is 0 Å². The monoisotopic (exact) mass is 260 g/mol. The van der Waals surface area contributed by atoms with Crippen molar-refractivity contribution in [2.24, 2.45) is 5.73 Å². The second kappa shape index (κ2) is 5.33. The molecule has 1 fully saturated rings. The van der Waals surface area contributed by atoms with Crippen LogP contribution in [0.5, 0.6) is 0 Å². The smallest absolute Gasteiger partial charge is 0.234 e. The van der Waals surface area contributed by atoms with Gasteiger partial charge in [-0.3, -0.25) is 4.79 Å². The minimum absolute atomic E-state index is 0.180. The summed E-state index contributed by atoms with van der Waals surface area (Å²) in [5.41, 5.74) is 8.23. The van der Waals surface area contributed by atoms with Crippen LogP contribution >= 0.6 is 0 Å². The summed E-state index contributed by atoms with van der Waals surface area (Å²) in [5.74, 6) is 0.198. The van der Waals surface area contributed by atoms with Crippen LogP contribution in [0.15, 0.2) is 24.3 Å². The van der Waals surface area contributed by atoms with E-state index in [1.165, 1.54) is 11.1 Å². The number of benzene rings is 1. The van der Waals surface area contributed by atoms with E-state index in [1.54, 1.807) is 0 Å². The van der Waals surface area contributed by atoms with E-state index in [9.17, 15) is 4.79 Å². The predicted octanol–water partition coefficient (Wildman–Crippen LogP) is 2.31. The summed E-state index contributed by atoms with van der Waals surface area (Å²) in [6.07, 6.45) is 1.88. The second-order valence-corrected chi connectivity index (χ2v) is 6.50. The van der Waals surface area contributed by atoms with Crippen molar-refractivity contribution in [3.05, 3.63) is 35.4 Å². The first kappa shape index (κ1) is 14.1. The zero-order chi connectivity index (χ0) is 14.0. The molecule has 0 aliphatic carbocycles. The van der Waals surface area contributed by atoms with Gasteiger partial charge >= 0.3 is 0 Å². The minimum atomic E-state index is -0.240. The van der Waals surface area contributed by atoms with Crippen LogP contribution < -0.4 is 11.1 Å². The van der Waals surface area contributed by atoms with Gasteiger partial charge in [-0.25, -0.2) is 0 Å². The number of amides is 1. The highest BCUT2D eigenvalue weighted by atomic mass is 16.1. The summed E-state index contributed by atoms with van der Waals surface area (Å²) in [6.45, 7) is 7.51. The molecule has 1 aliphatic heterocycles. The Hall–Kier alpha value is -1.35. The Morgan fingerprint density at radius 3 is 2.42 bits per heavy atom. The van der Waals surface area contributed by atoms with Crippen molar-refractivity contribution >= 4 is 5.91 Å². The fraction of sp³-hybridized carbons (Fsp3) is 0.562. The van der Waals surface area contributed by atoms with Crippen molar-refractivity contribution in [3.8, 4) is 0 Å². The molecule has 3 heteroatoms. The normalized spacial score (nSPS) is 24.2. The molecule has 3 N–H and O–H groups in total.